The molecule has 0 bridgehead atoms. The van der Waals surface area contributed by atoms with Gasteiger partial charge in [-0.15, -0.1) is 0 Å². The zero-order valence-electron chi connectivity index (χ0n) is 14.5. The molecular weight excluding hydrogens is 332 g/mol. The number of para-hydroxylation sites is 1. The molecule has 0 N–H and O–H groups in total. The highest BCUT2D eigenvalue weighted by Crippen LogP contribution is 2.43. The van der Waals surface area contributed by atoms with Gasteiger partial charge in [-0.05, 0) is 47.9 Å². The van der Waals surface area contributed by atoms with Crippen LogP contribution in [0.5, 0.6) is 11.5 Å². The summed E-state index contributed by atoms with van der Waals surface area (Å²) in [4.78, 5) is 0. The van der Waals surface area contributed by atoms with Gasteiger partial charge >= 0.3 is 0 Å². The highest BCUT2D eigenvalue weighted by atomic mass is 32.2. The van der Waals surface area contributed by atoms with E-state index in [1.165, 1.54) is 5.56 Å². The molecule has 0 aromatic heterocycles. The molecule has 0 radical (unpaired) electrons. The van der Waals surface area contributed by atoms with Crippen molar-refractivity contribution in [2.75, 3.05) is 19.1 Å². The Hall–Kier alpha value is -2.14. The van der Waals surface area contributed by atoms with Crippen molar-refractivity contribution in [2.24, 2.45) is 5.10 Å². The van der Waals surface area contributed by atoms with Crippen molar-refractivity contribution in [3.63, 3.8) is 0 Å². The summed E-state index contributed by atoms with van der Waals surface area (Å²) in [5.41, 5.74) is 3.49. The molecule has 4 nitrogen and oxygen atoms in total. The number of hydrogen-bond donors (Lipinski definition) is 0. The maximum atomic E-state index is 6.25. The lowest BCUT2D eigenvalue weighted by molar-refractivity contribution is -0.0180. The molecule has 2 aromatic carbocycles. The third-order valence-electron chi connectivity index (χ3n) is 4.77. The van der Waals surface area contributed by atoms with Crippen molar-refractivity contribution in [3.05, 3.63) is 59.7 Å². The molecule has 0 aliphatic carbocycles. The summed E-state index contributed by atoms with van der Waals surface area (Å²) in [6.07, 6.45) is 4.00. The predicted molar refractivity (Wildman–Crippen MR) is 103 cm³/mol. The van der Waals surface area contributed by atoms with E-state index >= 15 is 0 Å². The maximum absolute atomic E-state index is 6.25. The highest BCUT2D eigenvalue weighted by molar-refractivity contribution is 7.98. The summed E-state index contributed by atoms with van der Waals surface area (Å²) >= 11 is 1.84. The van der Waals surface area contributed by atoms with Crippen molar-refractivity contribution in [3.8, 4) is 11.5 Å². The molecule has 0 spiro atoms. The smallest absolute Gasteiger partial charge is 0.188 e. The number of rotatable bonds is 5. The fraction of sp³-hybridized carbons (Fsp3) is 0.350. The van der Waals surface area contributed by atoms with Gasteiger partial charge in [0.05, 0.1) is 18.9 Å². The molecule has 2 aliphatic rings. The molecule has 2 heterocycles. The number of methoxy groups -OCH3 is 1. The van der Waals surface area contributed by atoms with Gasteiger partial charge in [0, 0.05) is 18.4 Å². The van der Waals surface area contributed by atoms with Gasteiger partial charge in [-0.1, -0.05) is 18.2 Å². The van der Waals surface area contributed by atoms with Crippen LogP contribution in [0.1, 0.15) is 30.0 Å². The first-order valence-corrected chi connectivity index (χ1v) is 9.94. The van der Waals surface area contributed by atoms with Gasteiger partial charge in [0.2, 0.25) is 0 Å². The third kappa shape index (κ3) is 3.09. The van der Waals surface area contributed by atoms with Gasteiger partial charge in [0.1, 0.15) is 11.5 Å². The predicted octanol–water partition coefficient (Wildman–Crippen LogP) is 4.32. The Bertz CT molecular complexity index is 776. The van der Waals surface area contributed by atoms with Crippen molar-refractivity contribution < 1.29 is 9.47 Å². The Morgan fingerprint density at radius 1 is 1.20 bits per heavy atom. The first-order valence-electron chi connectivity index (χ1n) is 8.55. The van der Waals surface area contributed by atoms with E-state index in [-0.39, 0.29) is 12.3 Å². The summed E-state index contributed by atoms with van der Waals surface area (Å²) in [7, 11) is 1.69. The topological polar surface area (TPSA) is 34.1 Å². The second-order valence-electron chi connectivity index (χ2n) is 6.27. The van der Waals surface area contributed by atoms with Crippen LogP contribution in [0.2, 0.25) is 0 Å². The molecule has 0 saturated carbocycles. The SMILES string of the molecule is COc1ccc(C2=NN3C(CCSC)Oc4ccccc4C3C2)cc1. The summed E-state index contributed by atoms with van der Waals surface area (Å²) in [6.45, 7) is 0. The average molecular weight is 354 g/mol. The lowest BCUT2D eigenvalue weighted by Crippen LogP contribution is -2.40. The Kier molecular flexibility index (Phi) is 4.57. The average Bonchev–Trinajstić information content (AvgIpc) is 3.12. The van der Waals surface area contributed by atoms with Crippen molar-refractivity contribution in [2.45, 2.75) is 25.1 Å². The lowest BCUT2D eigenvalue weighted by Gasteiger charge is -2.38. The monoisotopic (exact) mass is 354 g/mol. The first-order chi connectivity index (χ1) is 12.3. The molecule has 4 rings (SSSR count). The zero-order chi connectivity index (χ0) is 17.2. The number of ether oxygens (including phenoxy) is 2. The van der Waals surface area contributed by atoms with Crippen LogP contribution < -0.4 is 9.47 Å². The number of thioether (sulfide) groups is 1. The van der Waals surface area contributed by atoms with Gasteiger partial charge < -0.3 is 9.47 Å². The summed E-state index contributed by atoms with van der Waals surface area (Å²) in [5.74, 6) is 2.93. The van der Waals surface area contributed by atoms with Crippen LogP contribution in [0.4, 0.5) is 0 Å². The van der Waals surface area contributed by atoms with E-state index in [0.717, 1.165) is 41.4 Å². The van der Waals surface area contributed by atoms with Crippen molar-refractivity contribution >= 4 is 17.5 Å². The highest BCUT2D eigenvalue weighted by Gasteiger charge is 2.39. The normalized spacial score (nSPS) is 21.2. The van der Waals surface area contributed by atoms with Crippen LogP contribution in [0.3, 0.4) is 0 Å². The minimum atomic E-state index is 0.00287. The molecule has 2 unspecified atom stereocenters. The fourth-order valence-corrected chi connectivity index (χ4v) is 3.91. The second kappa shape index (κ2) is 7.00. The first kappa shape index (κ1) is 16.3. The van der Waals surface area contributed by atoms with Crippen molar-refractivity contribution in [1.29, 1.82) is 0 Å². The van der Waals surface area contributed by atoms with Crippen LogP contribution in [0.15, 0.2) is 53.6 Å². The van der Waals surface area contributed by atoms with Crippen LogP contribution in [-0.4, -0.2) is 36.1 Å². The lowest BCUT2D eigenvalue weighted by atomic mass is 9.96. The van der Waals surface area contributed by atoms with Gasteiger partial charge in [-0.3, -0.25) is 5.01 Å². The van der Waals surface area contributed by atoms with Crippen LogP contribution in [0, 0.1) is 0 Å². The Morgan fingerprint density at radius 2 is 2.00 bits per heavy atom. The zero-order valence-corrected chi connectivity index (χ0v) is 15.3. The van der Waals surface area contributed by atoms with Gasteiger partial charge in [0.15, 0.2) is 6.23 Å². The maximum Gasteiger partial charge on any atom is 0.188 e. The van der Waals surface area contributed by atoms with E-state index in [2.05, 4.69) is 41.6 Å². The number of hydrazone groups is 1. The molecular formula is C20H22N2O2S. The quantitative estimate of drug-likeness (QED) is 0.801. The number of fused-ring (bicyclic) bond motifs is 3. The minimum absolute atomic E-state index is 0.00287. The summed E-state index contributed by atoms with van der Waals surface area (Å²) < 4.78 is 11.5. The molecule has 5 heteroatoms. The molecule has 0 saturated heterocycles. The molecule has 130 valence electrons. The van der Waals surface area contributed by atoms with E-state index in [4.69, 9.17) is 14.6 Å². The van der Waals surface area contributed by atoms with E-state index in [9.17, 15) is 0 Å². The fourth-order valence-electron chi connectivity index (χ4n) is 3.48. The van der Waals surface area contributed by atoms with Gasteiger partial charge in [-0.2, -0.15) is 16.9 Å². The standard InChI is InChI=1S/C20H22N2O2S/c1-23-15-9-7-14(8-10-15)17-13-18-16-5-3-4-6-19(16)24-20(11-12-25-2)22(18)21-17/h3-10,18,20H,11-13H2,1-2H3. The number of benzene rings is 2. The largest absolute Gasteiger partial charge is 0.497 e. The molecule has 2 aromatic rings. The van der Waals surface area contributed by atoms with Gasteiger partial charge in [0.25, 0.3) is 0 Å². The number of nitrogens with zero attached hydrogens (tertiary/aromatic N) is 2. The minimum Gasteiger partial charge on any atom is -0.497 e. The van der Waals surface area contributed by atoms with E-state index in [0.29, 0.717) is 0 Å². The Labute approximate surface area is 152 Å². The Morgan fingerprint density at radius 3 is 2.76 bits per heavy atom. The third-order valence-corrected chi connectivity index (χ3v) is 5.41. The van der Waals surface area contributed by atoms with E-state index in [1.54, 1.807) is 7.11 Å². The van der Waals surface area contributed by atoms with Gasteiger partial charge in [-0.25, -0.2) is 0 Å². The molecule has 0 amide bonds. The van der Waals surface area contributed by atoms with Crippen LogP contribution in [0.25, 0.3) is 0 Å². The van der Waals surface area contributed by atoms with E-state index < -0.39 is 0 Å². The summed E-state index contributed by atoms with van der Waals surface area (Å²) in [5, 5.41) is 7.11. The van der Waals surface area contributed by atoms with Crippen LogP contribution in [-0.2, 0) is 0 Å². The van der Waals surface area contributed by atoms with Crippen molar-refractivity contribution in [1.82, 2.24) is 5.01 Å². The second-order valence-corrected chi connectivity index (χ2v) is 7.25. The van der Waals surface area contributed by atoms with Crippen LogP contribution >= 0.6 is 11.8 Å². The summed E-state index contributed by atoms with van der Waals surface area (Å²) in [6, 6.07) is 16.8. The molecule has 25 heavy (non-hydrogen) atoms. The number of hydrogen-bond acceptors (Lipinski definition) is 5. The molecule has 0 fully saturated rings. The molecule has 2 atom stereocenters. The Balaban J connectivity index is 1.65. The molecule has 2 aliphatic heterocycles. The van der Waals surface area contributed by atoms with E-state index in [1.807, 2.05) is 30.0 Å².